The molecule has 0 saturated carbocycles. The summed E-state index contributed by atoms with van der Waals surface area (Å²) in [6, 6.07) is 11.9. The van der Waals surface area contributed by atoms with E-state index in [4.69, 9.17) is 11.6 Å². The van der Waals surface area contributed by atoms with Crippen molar-refractivity contribution in [2.24, 2.45) is 0 Å². The van der Waals surface area contributed by atoms with Gasteiger partial charge in [-0.3, -0.25) is 10.1 Å². The number of hydrogen-bond acceptors (Lipinski definition) is 4. The monoisotopic (exact) mass is 456 g/mol. The average Bonchev–Trinajstić information content (AvgIpc) is 3.03. The van der Waals surface area contributed by atoms with Crippen molar-refractivity contribution in [3.05, 3.63) is 81.9 Å². The molecule has 0 atom stereocenters. The van der Waals surface area contributed by atoms with Crippen LogP contribution in [-0.2, 0) is 16.1 Å². The van der Waals surface area contributed by atoms with Gasteiger partial charge in [0.15, 0.2) is 0 Å². The summed E-state index contributed by atoms with van der Waals surface area (Å²) in [5, 5.41) is 9.72. The first-order valence-corrected chi connectivity index (χ1v) is 10.1. The minimum atomic E-state index is -0.819. The Bertz CT molecular complexity index is 1170. The lowest BCUT2D eigenvalue weighted by atomic mass is 10.1. The fourth-order valence-electron chi connectivity index (χ4n) is 2.93. The molecule has 166 valence electrons. The molecule has 0 radical (unpaired) electrons. The highest BCUT2D eigenvalue weighted by Crippen LogP contribution is 2.23. The standard InChI is InChI=1S/C23H22ClFN4O3/c1-14-4-6-16(7-5-14)13-29-22(24)18(15(2)28-29)9-11-21(30)26-17-8-10-19(25)20(12-17)27-23(31)32-3/h4-12H,13H2,1-3H3,(H,26,30)(H,27,31). The van der Waals surface area contributed by atoms with E-state index >= 15 is 0 Å². The van der Waals surface area contributed by atoms with Crippen LogP contribution in [0.1, 0.15) is 22.4 Å². The summed E-state index contributed by atoms with van der Waals surface area (Å²) < 4.78 is 19.9. The van der Waals surface area contributed by atoms with Crippen LogP contribution in [0, 0.1) is 19.7 Å². The van der Waals surface area contributed by atoms with E-state index in [1.54, 1.807) is 17.7 Å². The van der Waals surface area contributed by atoms with Crippen molar-refractivity contribution in [2.45, 2.75) is 20.4 Å². The Morgan fingerprint density at radius 2 is 1.88 bits per heavy atom. The molecule has 3 rings (SSSR count). The summed E-state index contributed by atoms with van der Waals surface area (Å²) in [6.07, 6.45) is 2.06. The molecule has 0 aliphatic carbocycles. The highest BCUT2D eigenvalue weighted by Gasteiger charge is 2.13. The number of anilines is 2. The van der Waals surface area contributed by atoms with E-state index in [0.29, 0.717) is 28.6 Å². The van der Waals surface area contributed by atoms with Crippen LogP contribution in [0.15, 0.2) is 48.5 Å². The zero-order valence-corrected chi connectivity index (χ0v) is 18.5. The molecule has 2 N–H and O–H groups in total. The molecule has 0 fully saturated rings. The molecule has 1 heterocycles. The van der Waals surface area contributed by atoms with Crippen LogP contribution in [0.4, 0.5) is 20.6 Å². The molecular weight excluding hydrogens is 435 g/mol. The molecule has 0 saturated heterocycles. The zero-order valence-electron chi connectivity index (χ0n) is 17.8. The molecule has 0 aliphatic rings. The van der Waals surface area contributed by atoms with Crippen molar-refractivity contribution in [3.63, 3.8) is 0 Å². The number of nitrogens with one attached hydrogen (secondary N) is 2. The minimum Gasteiger partial charge on any atom is -0.453 e. The van der Waals surface area contributed by atoms with E-state index in [-0.39, 0.29) is 5.69 Å². The van der Waals surface area contributed by atoms with E-state index in [1.807, 2.05) is 31.2 Å². The second-order valence-electron chi connectivity index (χ2n) is 7.07. The Morgan fingerprint density at radius 3 is 2.56 bits per heavy atom. The molecule has 7 nitrogen and oxygen atoms in total. The lowest BCUT2D eigenvalue weighted by Crippen LogP contribution is -2.13. The van der Waals surface area contributed by atoms with Crippen LogP contribution in [0.5, 0.6) is 0 Å². The van der Waals surface area contributed by atoms with E-state index in [0.717, 1.165) is 11.6 Å². The van der Waals surface area contributed by atoms with Crippen molar-refractivity contribution in [3.8, 4) is 0 Å². The van der Waals surface area contributed by atoms with Crippen LogP contribution < -0.4 is 10.6 Å². The molecule has 2 aromatic carbocycles. The summed E-state index contributed by atoms with van der Waals surface area (Å²) >= 11 is 6.48. The summed E-state index contributed by atoms with van der Waals surface area (Å²) in [6.45, 7) is 4.33. The lowest BCUT2D eigenvalue weighted by molar-refractivity contribution is -0.111. The number of hydrogen-bond donors (Lipinski definition) is 2. The number of carbonyl (C=O) groups is 2. The van der Waals surface area contributed by atoms with Gasteiger partial charge in [0, 0.05) is 17.3 Å². The van der Waals surface area contributed by atoms with Crippen LogP contribution in [0.25, 0.3) is 6.08 Å². The Morgan fingerprint density at radius 1 is 1.16 bits per heavy atom. The van der Waals surface area contributed by atoms with Gasteiger partial charge in [-0.15, -0.1) is 0 Å². The van der Waals surface area contributed by atoms with Crippen LogP contribution in [0.2, 0.25) is 5.15 Å². The first-order chi connectivity index (χ1) is 15.3. The molecular formula is C23H22ClFN4O3. The molecule has 0 aliphatic heterocycles. The molecule has 0 spiro atoms. The summed E-state index contributed by atoms with van der Waals surface area (Å²) in [4.78, 5) is 23.6. The van der Waals surface area contributed by atoms with Crippen molar-refractivity contribution in [2.75, 3.05) is 17.7 Å². The number of carbonyl (C=O) groups excluding carboxylic acids is 2. The van der Waals surface area contributed by atoms with Gasteiger partial charge in [0.25, 0.3) is 0 Å². The number of methoxy groups -OCH3 is 1. The van der Waals surface area contributed by atoms with Gasteiger partial charge in [-0.1, -0.05) is 41.4 Å². The van der Waals surface area contributed by atoms with Gasteiger partial charge < -0.3 is 10.1 Å². The highest BCUT2D eigenvalue weighted by molar-refractivity contribution is 6.31. The number of aryl methyl sites for hydroxylation is 2. The van der Waals surface area contributed by atoms with Gasteiger partial charge in [-0.2, -0.15) is 5.10 Å². The van der Waals surface area contributed by atoms with Crippen molar-refractivity contribution in [1.29, 1.82) is 0 Å². The van der Waals surface area contributed by atoms with E-state index in [9.17, 15) is 14.0 Å². The number of rotatable bonds is 6. The number of nitrogens with zero attached hydrogens (tertiary/aromatic N) is 2. The minimum absolute atomic E-state index is 0.116. The molecule has 3 aromatic rings. The Kier molecular flexibility index (Phi) is 7.27. The number of amides is 2. The van der Waals surface area contributed by atoms with Gasteiger partial charge in [0.1, 0.15) is 11.0 Å². The maximum atomic E-state index is 13.8. The normalized spacial score (nSPS) is 10.9. The quantitative estimate of drug-likeness (QED) is 0.501. The first-order valence-electron chi connectivity index (χ1n) is 9.69. The fraction of sp³-hybridized carbons (Fsp3) is 0.174. The van der Waals surface area contributed by atoms with E-state index in [1.165, 1.54) is 30.9 Å². The predicted octanol–water partition coefficient (Wildman–Crippen LogP) is 5.17. The van der Waals surface area contributed by atoms with Gasteiger partial charge in [-0.25, -0.2) is 13.9 Å². The maximum absolute atomic E-state index is 13.8. The van der Waals surface area contributed by atoms with Crippen LogP contribution >= 0.6 is 11.6 Å². The third-order valence-corrected chi connectivity index (χ3v) is 5.02. The van der Waals surface area contributed by atoms with Crippen molar-refractivity contribution >= 4 is 41.1 Å². The van der Waals surface area contributed by atoms with Crippen LogP contribution in [-0.4, -0.2) is 28.9 Å². The van der Waals surface area contributed by atoms with Gasteiger partial charge in [-0.05, 0) is 43.7 Å². The molecule has 1 aromatic heterocycles. The molecule has 32 heavy (non-hydrogen) atoms. The SMILES string of the molecule is COC(=O)Nc1cc(NC(=O)C=Cc2c(C)nn(Cc3ccc(C)cc3)c2Cl)ccc1F. The Balaban J connectivity index is 1.70. The summed E-state index contributed by atoms with van der Waals surface area (Å²) in [5.41, 5.74) is 3.71. The fourth-order valence-corrected chi connectivity index (χ4v) is 3.23. The van der Waals surface area contributed by atoms with Crippen molar-refractivity contribution in [1.82, 2.24) is 9.78 Å². The Labute approximate surface area is 189 Å². The zero-order chi connectivity index (χ0) is 23.3. The van der Waals surface area contributed by atoms with Crippen LogP contribution in [0.3, 0.4) is 0 Å². The molecule has 2 amide bonds. The number of ether oxygens (including phenoxy) is 1. The van der Waals surface area contributed by atoms with E-state index < -0.39 is 17.8 Å². The number of aromatic nitrogens is 2. The smallest absolute Gasteiger partial charge is 0.411 e. The first kappa shape index (κ1) is 23.0. The third-order valence-electron chi connectivity index (χ3n) is 4.62. The van der Waals surface area contributed by atoms with Gasteiger partial charge >= 0.3 is 6.09 Å². The third kappa shape index (κ3) is 5.73. The van der Waals surface area contributed by atoms with Crippen molar-refractivity contribution < 1.29 is 18.7 Å². The topological polar surface area (TPSA) is 85.2 Å². The Hall–Kier alpha value is -3.65. The summed E-state index contributed by atoms with van der Waals surface area (Å²) in [5.74, 6) is -1.12. The second-order valence-corrected chi connectivity index (χ2v) is 7.42. The molecule has 0 bridgehead atoms. The predicted molar refractivity (Wildman–Crippen MR) is 122 cm³/mol. The lowest BCUT2D eigenvalue weighted by Gasteiger charge is -2.08. The second kappa shape index (κ2) is 10.1. The largest absolute Gasteiger partial charge is 0.453 e. The maximum Gasteiger partial charge on any atom is 0.411 e. The highest BCUT2D eigenvalue weighted by atomic mass is 35.5. The molecule has 0 unspecified atom stereocenters. The number of halogens is 2. The van der Waals surface area contributed by atoms with Gasteiger partial charge in [0.05, 0.1) is 25.0 Å². The number of benzene rings is 2. The summed E-state index contributed by atoms with van der Waals surface area (Å²) in [7, 11) is 1.17. The van der Waals surface area contributed by atoms with E-state index in [2.05, 4.69) is 20.5 Å². The molecule has 9 heteroatoms. The average molecular weight is 457 g/mol. The van der Waals surface area contributed by atoms with Gasteiger partial charge in [0.2, 0.25) is 5.91 Å².